The standard InChI is InChI=1S/C18H21N3O/c19-17-9-5-4-8-16(17)18(22)21-12-10-20(11-13-21)14-15-6-2-1-3-7-15/h1-9H,10-14,19H2. The van der Waals surface area contributed by atoms with E-state index in [1.807, 2.05) is 23.1 Å². The Morgan fingerprint density at radius 1 is 0.909 bits per heavy atom. The second-order valence-electron chi connectivity index (χ2n) is 5.64. The summed E-state index contributed by atoms with van der Waals surface area (Å²) in [6, 6.07) is 17.7. The molecule has 2 aromatic rings. The van der Waals surface area contributed by atoms with Crippen molar-refractivity contribution in [2.75, 3.05) is 31.9 Å². The Hall–Kier alpha value is -2.33. The molecular formula is C18H21N3O. The Kier molecular flexibility index (Phi) is 4.39. The van der Waals surface area contributed by atoms with Crippen molar-refractivity contribution in [3.05, 3.63) is 65.7 Å². The van der Waals surface area contributed by atoms with E-state index in [1.165, 1.54) is 5.56 Å². The Morgan fingerprint density at radius 3 is 2.23 bits per heavy atom. The van der Waals surface area contributed by atoms with Crippen LogP contribution in [0.5, 0.6) is 0 Å². The summed E-state index contributed by atoms with van der Waals surface area (Å²) in [5.74, 6) is 0.0393. The minimum Gasteiger partial charge on any atom is -0.398 e. The molecule has 0 radical (unpaired) electrons. The van der Waals surface area contributed by atoms with E-state index >= 15 is 0 Å². The Labute approximate surface area is 131 Å². The molecular weight excluding hydrogens is 274 g/mol. The van der Waals surface area contributed by atoms with Crippen molar-refractivity contribution < 1.29 is 4.79 Å². The molecule has 0 spiro atoms. The smallest absolute Gasteiger partial charge is 0.256 e. The maximum Gasteiger partial charge on any atom is 0.256 e. The number of carbonyl (C=O) groups is 1. The topological polar surface area (TPSA) is 49.6 Å². The van der Waals surface area contributed by atoms with Crippen molar-refractivity contribution in [3.63, 3.8) is 0 Å². The molecule has 0 saturated carbocycles. The van der Waals surface area contributed by atoms with Crippen LogP contribution in [-0.2, 0) is 6.54 Å². The fourth-order valence-corrected chi connectivity index (χ4v) is 2.81. The van der Waals surface area contributed by atoms with Crippen LogP contribution in [0, 0.1) is 0 Å². The summed E-state index contributed by atoms with van der Waals surface area (Å²) in [5.41, 5.74) is 8.38. The largest absolute Gasteiger partial charge is 0.398 e. The quantitative estimate of drug-likeness (QED) is 0.883. The highest BCUT2D eigenvalue weighted by Gasteiger charge is 2.23. The summed E-state index contributed by atoms with van der Waals surface area (Å²) in [6.45, 7) is 4.23. The van der Waals surface area contributed by atoms with Gasteiger partial charge in [-0.1, -0.05) is 42.5 Å². The van der Waals surface area contributed by atoms with Crippen LogP contribution < -0.4 is 5.73 Å². The zero-order chi connectivity index (χ0) is 15.4. The fraction of sp³-hybridized carbons (Fsp3) is 0.278. The van der Waals surface area contributed by atoms with E-state index in [1.54, 1.807) is 12.1 Å². The monoisotopic (exact) mass is 295 g/mol. The van der Waals surface area contributed by atoms with Gasteiger partial charge >= 0.3 is 0 Å². The molecule has 114 valence electrons. The summed E-state index contributed by atoms with van der Waals surface area (Å²) < 4.78 is 0. The van der Waals surface area contributed by atoms with Crippen molar-refractivity contribution in [1.82, 2.24) is 9.80 Å². The zero-order valence-electron chi connectivity index (χ0n) is 12.6. The van der Waals surface area contributed by atoms with E-state index in [0.29, 0.717) is 11.3 Å². The number of nitrogen functional groups attached to an aromatic ring is 1. The number of anilines is 1. The van der Waals surface area contributed by atoms with Crippen LogP contribution >= 0.6 is 0 Å². The van der Waals surface area contributed by atoms with Gasteiger partial charge in [0.1, 0.15) is 0 Å². The second kappa shape index (κ2) is 6.62. The van der Waals surface area contributed by atoms with Crippen molar-refractivity contribution in [2.24, 2.45) is 0 Å². The van der Waals surface area contributed by atoms with E-state index in [9.17, 15) is 4.79 Å². The van der Waals surface area contributed by atoms with Gasteiger partial charge in [0, 0.05) is 38.4 Å². The highest BCUT2D eigenvalue weighted by molar-refractivity contribution is 5.99. The molecule has 1 fully saturated rings. The Morgan fingerprint density at radius 2 is 1.55 bits per heavy atom. The number of benzene rings is 2. The second-order valence-corrected chi connectivity index (χ2v) is 5.64. The molecule has 3 rings (SSSR count). The first-order valence-electron chi connectivity index (χ1n) is 7.64. The number of carbonyl (C=O) groups excluding carboxylic acids is 1. The molecule has 0 aromatic heterocycles. The summed E-state index contributed by atoms with van der Waals surface area (Å²) in [4.78, 5) is 16.8. The maximum absolute atomic E-state index is 12.5. The molecule has 0 aliphatic carbocycles. The molecule has 0 atom stereocenters. The summed E-state index contributed by atoms with van der Waals surface area (Å²) in [6.07, 6.45) is 0. The number of hydrogen-bond donors (Lipinski definition) is 1. The number of nitrogens with two attached hydrogens (primary N) is 1. The van der Waals surface area contributed by atoms with E-state index in [0.717, 1.165) is 32.7 Å². The van der Waals surface area contributed by atoms with Gasteiger partial charge in [0.05, 0.1) is 5.56 Å². The fourth-order valence-electron chi connectivity index (χ4n) is 2.81. The predicted octanol–water partition coefficient (Wildman–Crippen LogP) is 2.23. The minimum atomic E-state index is 0.0393. The van der Waals surface area contributed by atoms with Gasteiger partial charge in [-0.05, 0) is 17.7 Å². The van der Waals surface area contributed by atoms with Crippen LogP contribution in [0.3, 0.4) is 0 Å². The lowest BCUT2D eigenvalue weighted by Crippen LogP contribution is -2.48. The van der Waals surface area contributed by atoms with Gasteiger partial charge in [0.25, 0.3) is 5.91 Å². The predicted molar refractivity (Wildman–Crippen MR) is 88.5 cm³/mol. The molecule has 22 heavy (non-hydrogen) atoms. The number of amides is 1. The average molecular weight is 295 g/mol. The minimum absolute atomic E-state index is 0.0393. The molecule has 1 aliphatic rings. The van der Waals surface area contributed by atoms with Crippen LogP contribution in [0.1, 0.15) is 15.9 Å². The number of rotatable bonds is 3. The number of piperazine rings is 1. The molecule has 1 amide bonds. The van der Waals surface area contributed by atoms with Crippen molar-refractivity contribution >= 4 is 11.6 Å². The highest BCUT2D eigenvalue weighted by atomic mass is 16.2. The molecule has 0 unspecified atom stereocenters. The van der Waals surface area contributed by atoms with Gasteiger partial charge in [0.2, 0.25) is 0 Å². The molecule has 0 bridgehead atoms. The van der Waals surface area contributed by atoms with Gasteiger partial charge in [-0.15, -0.1) is 0 Å². The summed E-state index contributed by atoms with van der Waals surface area (Å²) >= 11 is 0. The first-order chi connectivity index (χ1) is 10.7. The Balaban J connectivity index is 1.58. The average Bonchev–Trinajstić information content (AvgIpc) is 2.56. The van der Waals surface area contributed by atoms with Crippen molar-refractivity contribution in [2.45, 2.75) is 6.54 Å². The third-order valence-electron chi connectivity index (χ3n) is 4.10. The van der Waals surface area contributed by atoms with Crippen LogP contribution in [-0.4, -0.2) is 41.9 Å². The van der Waals surface area contributed by atoms with E-state index in [-0.39, 0.29) is 5.91 Å². The normalized spacial score (nSPS) is 15.7. The van der Waals surface area contributed by atoms with Gasteiger partial charge in [0.15, 0.2) is 0 Å². The third-order valence-corrected chi connectivity index (χ3v) is 4.10. The van der Waals surface area contributed by atoms with Crippen LogP contribution in [0.4, 0.5) is 5.69 Å². The lowest BCUT2D eigenvalue weighted by molar-refractivity contribution is 0.0629. The third kappa shape index (κ3) is 3.28. The lowest BCUT2D eigenvalue weighted by atomic mass is 10.1. The van der Waals surface area contributed by atoms with Gasteiger partial charge in [-0.2, -0.15) is 0 Å². The molecule has 2 aromatic carbocycles. The van der Waals surface area contributed by atoms with E-state index in [2.05, 4.69) is 29.2 Å². The first kappa shape index (κ1) is 14.6. The van der Waals surface area contributed by atoms with Crippen LogP contribution in [0.2, 0.25) is 0 Å². The summed E-state index contributed by atoms with van der Waals surface area (Å²) in [7, 11) is 0. The first-order valence-corrected chi connectivity index (χ1v) is 7.64. The molecule has 1 aliphatic heterocycles. The highest BCUT2D eigenvalue weighted by Crippen LogP contribution is 2.16. The van der Waals surface area contributed by atoms with Gasteiger partial charge < -0.3 is 10.6 Å². The molecule has 4 heteroatoms. The van der Waals surface area contributed by atoms with Crippen molar-refractivity contribution in [3.8, 4) is 0 Å². The van der Waals surface area contributed by atoms with Crippen LogP contribution in [0.15, 0.2) is 54.6 Å². The van der Waals surface area contributed by atoms with E-state index < -0.39 is 0 Å². The van der Waals surface area contributed by atoms with Crippen molar-refractivity contribution in [1.29, 1.82) is 0 Å². The Bertz CT molecular complexity index is 634. The van der Waals surface area contributed by atoms with Gasteiger partial charge in [-0.3, -0.25) is 9.69 Å². The SMILES string of the molecule is Nc1ccccc1C(=O)N1CCN(Cc2ccccc2)CC1. The molecule has 1 heterocycles. The van der Waals surface area contributed by atoms with Gasteiger partial charge in [-0.25, -0.2) is 0 Å². The molecule has 2 N–H and O–H groups in total. The molecule has 1 saturated heterocycles. The molecule has 4 nitrogen and oxygen atoms in total. The number of para-hydroxylation sites is 1. The van der Waals surface area contributed by atoms with Crippen LogP contribution in [0.25, 0.3) is 0 Å². The lowest BCUT2D eigenvalue weighted by Gasteiger charge is -2.35. The maximum atomic E-state index is 12.5. The zero-order valence-corrected chi connectivity index (χ0v) is 12.6. The number of hydrogen-bond acceptors (Lipinski definition) is 3. The number of nitrogens with zero attached hydrogens (tertiary/aromatic N) is 2. The summed E-state index contributed by atoms with van der Waals surface area (Å²) in [5, 5.41) is 0. The van der Waals surface area contributed by atoms with E-state index in [4.69, 9.17) is 5.73 Å².